The molecule has 1 amide bonds. The highest BCUT2D eigenvalue weighted by molar-refractivity contribution is 6.04. The first kappa shape index (κ1) is 29.6. The Morgan fingerprint density at radius 1 is 0.612 bits per heavy atom. The van der Waals surface area contributed by atoms with Gasteiger partial charge in [0, 0.05) is 44.4 Å². The van der Waals surface area contributed by atoms with Crippen molar-refractivity contribution in [3.8, 4) is 22.3 Å². The number of carbonyl (C=O) groups is 2. The summed E-state index contributed by atoms with van der Waals surface area (Å²) in [7, 11) is 1.37. The summed E-state index contributed by atoms with van der Waals surface area (Å²) in [4.78, 5) is 42.0. The molecular formula is C41H29N5O3. The zero-order valence-corrected chi connectivity index (χ0v) is 26.4. The number of ether oxygens (including phenoxy) is 1. The Labute approximate surface area is 281 Å². The molecule has 236 valence electrons. The molecule has 3 aromatic carbocycles. The van der Waals surface area contributed by atoms with E-state index in [0.717, 1.165) is 67.1 Å². The van der Waals surface area contributed by atoms with Crippen LogP contribution < -0.4 is 5.32 Å². The Kier molecular flexibility index (Phi) is 7.50. The maximum absolute atomic E-state index is 12.8. The summed E-state index contributed by atoms with van der Waals surface area (Å²) in [5.41, 5.74) is 12.2. The van der Waals surface area contributed by atoms with Crippen LogP contribution in [0.1, 0.15) is 43.5 Å². The zero-order valence-electron chi connectivity index (χ0n) is 26.4. The van der Waals surface area contributed by atoms with Crippen molar-refractivity contribution in [3.63, 3.8) is 0 Å². The second kappa shape index (κ2) is 12.4. The number of nitrogens with zero attached hydrogens (tertiary/aromatic N) is 2. The lowest BCUT2D eigenvalue weighted by atomic mass is 10.0. The molecule has 3 N–H and O–H groups in total. The number of nitrogens with one attached hydrogen (secondary N) is 3. The lowest BCUT2D eigenvalue weighted by molar-refractivity contribution is 0.0600. The van der Waals surface area contributed by atoms with Crippen LogP contribution in [0.2, 0.25) is 0 Å². The lowest BCUT2D eigenvalue weighted by Crippen LogP contribution is -2.11. The van der Waals surface area contributed by atoms with E-state index in [1.807, 2.05) is 109 Å². The summed E-state index contributed by atoms with van der Waals surface area (Å²) in [6, 6.07) is 36.4. The molecule has 0 atom stereocenters. The number of rotatable bonds is 5. The summed E-state index contributed by atoms with van der Waals surface area (Å²) in [5, 5.41) is 2.98. The fraction of sp³-hybridized carbons (Fsp3) is 0.0244. The summed E-state index contributed by atoms with van der Waals surface area (Å²) in [6.45, 7) is 0. The largest absolute Gasteiger partial charge is 0.465 e. The van der Waals surface area contributed by atoms with Crippen LogP contribution in [0.4, 0.5) is 5.69 Å². The number of amides is 1. The number of anilines is 1. The highest BCUT2D eigenvalue weighted by atomic mass is 16.5. The van der Waals surface area contributed by atoms with Crippen molar-refractivity contribution in [2.45, 2.75) is 0 Å². The molecule has 0 aliphatic carbocycles. The molecule has 3 aromatic heterocycles. The van der Waals surface area contributed by atoms with Crippen LogP contribution in [0.25, 0.3) is 68.6 Å². The fourth-order valence-electron chi connectivity index (χ4n) is 6.03. The second-order valence-electron chi connectivity index (χ2n) is 11.7. The van der Waals surface area contributed by atoms with Crippen molar-refractivity contribution in [1.29, 1.82) is 0 Å². The predicted molar refractivity (Wildman–Crippen MR) is 195 cm³/mol. The average Bonchev–Trinajstić information content (AvgIpc) is 3.95. The molecule has 0 unspecified atom stereocenters. The van der Waals surface area contributed by atoms with E-state index < -0.39 is 5.97 Å². The molecule has 2 aliphatic heterocycles. The number of benzene rings is 3. The summed E-state index contributed by atoms with van der Waals surface area (Å²) >= 11 is 0. The van der Waals surface area contributed by atoms with Crippen molar-refractivity contribution in [3.05, 3.63) is 149 Å². The number of H-pyrrole nitrogens is 2. The first-order valence-electron chi connectivity index (χ1n) is 15.8. The maximum Gasteiger partial charge on any atom is 0.337 e. The monoisotopic (exact) mass is 639 g/mol. The van der Waals surface area contributed by atoms with Crippen LogP contribution in [-0.4, -0.2) is 38.9 Å². The van der Waals surface area contributed by atoms with Gasteiger partial charge in [0.2, 0.25) is 0 Å². The van der Waals surface area contributed by atoms with Gasteiger partial charge in [-0.15, -0.1) is 0 Å². The first-order valence-corrected chi connectivity index (χ1v) is 15.8. The zero-order chi connectivity index (χ0) is 33.3. The van der Waals surface area contributed by atoms with Gasteiger partial charge >= 0.3 is 5.97 Å². The highest BCUT2D eigenvalue weighted by Crippen LogP contribution is 2.35. The lowest BCUT2D eigenvalue weighted by Gasteiger charge is -2.06. The minimum Gasteiger partial charge on any atom is -0.465 e. The minimum atomic E-state index is -0.399. The van der Waals surface area contributed by atoms with Crippen LogP contribution in [0.15, 0.2) is 115 Å². The Hall–Kier alpha value is -6.80. The average molecular weight is 640 g/mol. The first-order chi connectivity index (χ1) is 24.0. The fourth-order valence-corrected chi connectivity index (χ4v) is 6.03. The van der Waals surface area contributed by atoms with E-state index in [9.17, 15) is 9.59 Å². The van der Waals surface area contributed by atoms with Crippen molar-refractivity contribution in [2.24, 2.45) is 0 Å². The Morgan fingerprint density at radius 2 is 1.27 bits per heavy atom. The molecule has 6 aromatic rings. The van der Waals surface area contributed by atoms with E-state index in [1.165, 1.54) is 7.11 Å². The number of aromatic nitrogens is 4. The van der Waals surface area contributed by atoms with Gasteiger partial charge in [-0.2, -0.15) is 0 Å². The van der Waals surface area contributed by atoms with E-state index in [-0.39, 0.29) is 5.91 Å². The molecule has 0 saturated carbocycles. The quantitative estimate of drug-likeness (QED) is 0.163. The Bertz CT molecular complexity index is 2470. The van der Waals surface area contributed by atoms with Gasteiger partial charge in [-0.05, 0) is 108 Å². The molecule has 8 nitrogen and oxygen atoms in total. The SMILES string of the molecule is COC(=O)c1ccc(-c2c3nc(cc4ccc(cc5nc(cc6[nH]c2cc6-c2ccc(NC(=O)c6ccccc6)cc2)C=C5)[nH]4)C=C3)cc1. The third-order valence-electron chi connectivity index (χ3n) is 8.43. The molecule has 49 heavy (non-hydrogen) atoms. The summed E-state index contributed by atoms with van der Waals surface area (Å²) < 4.78 is 4.93. The molecule has 0 fully saturated rings. The Morgan fingerprint density at radius 3 is 1.98 bits per heavy atom. The molecule has 0 spiro atoms. The third kappa shape index (κ3) is 6.06. The van der Waals surface area contributed by atoms with E-state index >= 15 is 0 Å². The van der Waals surface area contributed by atoms with E-state index in [1.54, 1.807) is 24.3 Å². The van der Waals surface area contributed by atoms with Gasteiger partial charge in [-0.3, -0.25) is 4.79 Å². The molecule has 8 rings (SSSR count). The maximum atomic E-state index is 12.8. The van der Waals surface area contributed by atoms with Gasteiger partial charge in [0.1, 0.15) is 0 Å². The number of fused-ring (bicyclic) bond motifs is 8. The van der Waals surface area contributed by atoms with Gasteiger partial charge in [0.15, 0.2) is 0 Å². The molecule has 5 heterocycles. The van der Waals surface area contributed by atoms with Gasteiger partial charge in [-0.25, -0.2) is 14.8 Å². The van der Waals surface area contributed by atoms with Crippen molar-refractivity contribution in [1.82, 2.24) is 19.9 Å². The van der Waals surface area contributed by atoms with Gasteiger partial charge in [0.25, 0.3) is 5.91 Å². The van der Waals surface area contributed by atoms with Crippen molar-refractivity contribution < 1.29 is 14.3 Å². The number of methoxy groups -OCH3 is 1. The molecule has 2 aliphatic rings. The third-order valence-corrected chi connectivity index (χ3v) is 8.43. The molecular weight excluding hydrogens is 610 g/mol. The highest BCUT2D eigenvalue weighted by Gasteiger charge is 2.15. The van der Waals surface area contributed by atoms with Crippen LogP contribution in [0.5, 0.6) is 0 Å². The number of aromatic amines is 2. The predicted octanol–water partition coefficient (Wildman–Crippen LogP) is 9.03. The summed E-state index contributed by atoms with van der Waals surface area (Å²) in [5.74, 6) is -0.568. The van der Waals surface area contributed by atoms with Gasteiger partial charge in [-0.1, -0.05) is 42.5 Å². The van der Waals surface area contributed by atoms with E-state index in [0.29, 0.717) is 16.8 Å². The van der Waals surface area contributed by atoms with Gasteiger partial charge < -0.3 is 20.0 Å². The molecule has 0 radical (unpaired) electrons. The van der Waals surface area contributed by atoms with Crippen LogP contribution in [-0.2, 0) is 4.74 Å². The van der Waals surface area contributed by atoms with E-state index in [4.69, 9.17) is 14.7 Å². The van der Waals surface area contributed by atoms with Crippen molar-refractivity contribution >= 4 is 63.9 Å². The number of esters is 1. The van der Waals surface area contributed by atoms with Crippen LogP contribution in [0, 0.1) is 0 Å². The molecule has 0 saturated heterocycles. The van der Waals surface area contributed by atoms with Crippen LogP contribution >= 0.6 is 0 Å². The Balaban J connectivity index is 1.33. The molecule has 8 bridgehead atoms. The second-order valence-corrected chi connectivity index (χ2v) is 11.7. The topological polar surface area (TPSA) is 113 Å². The standard InChI is InChI=1S/C41H29N5O3/c1-49-41(48)28-9-7-26(8-10-28)39-36-20-19-33(44-36)22-32-16-15-30(42-32)21-31-17-18-34(43-31)23-37-35(24-38(39)46-37)25-11-13-29(14-12-25)45-40(47)27-5-3-2-4-6-27/h2-24,42,46H,1H3,(H,45,47). The van der Waals surface area contributed by atoms with Crippen LogP contribution in [0.3, 0.4) is 0 Å². The van der Waals surface area contributed by atoms with Crippen molar-refractivity contribution in [2.75, 3.05) is 12.4 Å². The smallest absolute Gasteiger partial charge is 0.337 e. The minimum absolute atomic E-state index is 0.170. The van der Waals surface area contributed by atoms with Gasteiger partial charge in [0.05, 0.1) is 35.4 Å². The molecule has 8 heteroatoms. The normalized spacial score (nSPS) is 11.8. The summed E-state index contributed by atoms with van der Waals surface area (Å²) in [6.07, 6.45) is 7.98. The number of carbonyl (C=O) groups excluding carboxylic acids is 2. The number of hydrogen-bond acceptors (Lipinski definition) is 5. The van der Waals surface area contributed by atoms with E-state index in [2.05, 4.69) is 21.4 Å². The number of hydrogen-bond donors (Lipinski definition) is 3.